The van der Waals surface area contributed by atoms with Gasteiger partial charge in [0, 0.05) is 23.6 Å². The molecule has 0 aliphatic rings. The SMILES string of the molecule is COC(=O)c1cc(NC(=O)c2cnc(-c3ccccc3)nc2)cc(C)c1C. The first-order valence-corrected chi connectivity index (χ1v) is 8.38. The van der Waals surface area contributed by atoms with E-state index in [-0.39, 0.29) is 5.91 Å². The second-order valence-electron chi connectivity index (χ2n) is 6.07. The predicted octanol–water partition coefficient (Wildman–Crippen LogP) is 3.80. The topological polar surface area (TPSA) is 81.2 Å². The highest BCUT2D eigenvalue weighted by molar-refractivity contribution is 6.04. The third kappa shape index (κ3) is 4.00. The van der Waals surface area contributed by atoms with Gasteiger partial charge in [-0.3, -0.25) is 4.79 Å². The Hall–Kier alpha value is -3.54. The lowest BCUT2D eigenvalue weighted by Gasteiger charge is -2.12. The number of hydrogen-bond donors (Lipinski definition) is 1. The lowest BCUT2D eigenvalue weighted by atomic mass is 10.0. The molecule has 0 bridgehead atoms. The van der Waals surface area contributed by atoms with Crippen LogP contribution in [-0.2, 0) is 4.74 Å². The number of esters is 1. The summed E-state index contributed by atoms with van der Waals surface area (Å²) in [6.07, 6.45) is 2.96. The van der Waals surface area contributed by atoms with Gasteiger partial charge in [0.1, 0.15) is 0 Å². The van der Waals surface area contributed by atoms with Crippen molar-refractivity contribution in [1.82, 2.24) is 9.97 Å². The predicted molar refractivity (Wildman–Crippen MR) is 103 cm³/mol. The Morgan fingerprint density at radius 2 is 1.67 bits per heavy atom. The molecule has 0 aliphatic carbocycles. The first-order valence-electron chi connectivity index (χ1n) is 8.38. The van der Waals surface area contributed by atoms with Crippen LogP contribution in [0, 0.1) is 13.8 Å². The third-order valence-corrected chi connectivity index (χ3v) is 4.28. The van der Waals surface area contributed by atoms with Gasteiger partial charge in [-0.15, -0.1) is 0 Å². The molecule has 1 heterocycles. The van der Waals surface area contributed by atoms with Crippen molar-refractivity contribution in [2.75, 3.05) is 12.4 Å². The molecule has 0 aliphatic heterocycles. The van der Waals surface area contributed by atoms with E-state index in [9.17, 15) is 9.59 Å². The standard InChI is InChI=1S/C21H19N3O3/c1-13-9-17(10-18(14(13)2)21(26)27-3)24-20(25)16-11-22-19(23-12-16)15-7-5-4-6-8-15/h4-12H,1-3H3,(H,24,25). The summed E-state index contributed by atoms with van der Waals surface area (Å²) in [6.45, 7) is 3.71. The Morgan fingerprint density at radius 1 is 1.00 bits per heavy atom. The summed E-state index contributed by atoms with van der Waals surface area (Å²) >= 11 is 0. The Morgan fingerprint density at radius 3 is 2.30 bits per heavy atom. The van der Waals surface area contributed by atoms with Gasteiger partial charge in [-0.2, -0.15) is 0 Å². The second kappa shape index (κ2) is 7.78. The number of aryl methyl sites for hydroxylation is 1. The van der Waals surface area contributed by atoms with Crippen molar-refractivity contribution in [3.05, 3.63) is 77.1 Å². The van der Waals surface area contributed by atoms with Crippen LogP contribution in [0.2, 0.25) is 0 Å². The highest BCUT2D eigenvalue weighted by Gasteiger charge is 2.15. The van der Waals surface area contributed by atoms with E-state index in [2.05, 4.69) is 15.3 Å². The van der Waals surface area contributed by atoms with Crippen LogP contribution >= 0.6 is 0 Å². The monoisotopic (exact) mass is 361 g/mol. The van der Waals surface area contributed by atoms with Crippen LogP contribution in [0.15, 0.2) is 54.9 Å². The molecule has 0 saturated carbocycles. The van der Waals surface area contributed by atoms with Gasteiger partial charge in [-0.05, 0) is 37.1 Å². The fourth-order valence-corrected chi connectivity index (χ4v) is 2.64. The third-order valence-electron chi connectivity index (χ3n) is 4.28. The number of amides is 1. The highest BCUT2D eigenvalue weighted by Crippen LogP contribution is 2.21. The normalized spacial score (nSPS) is 10.3. The molecule has 3 rings (SSSR count). The van der Waals surface area contributed by atoms with Gasteiger partial charge >= 0.3 is 5.97 Å². The van der Waals surface area contributed by atoms with E-state index in [4.69, 9.17) is 4.74 Å². The van der Waals surface area contributed by atoms with E-state index in [1.54, 1.807) is 12.1 Å². The molecule has 1 aromatic heterocycles. The molecule has 27 heavy (non-hydrogen) atoms. The molecule has 0 radical (unpaired) electrons. The molecule has 3 aromatic rings. The Labute approximate surface area is 157 Å². The van der Waals surface area contributed by atoms with E-state index in [1.807, 2.05) is 44.2 Å². The summed E-state index contributed by atoms with van der Waals surface area (Å²) in [7, 11) is 1.33. The quantitative estimate of drug-likeness (QED) is 0.715. The molecule has 0 saturated heterocycles. The number of hydrogen-bond acceptors (Lipinski definition) is 5. The number of ether oxygens (including phenoxy) is 1. The molecular weight excluding hydrogens is 342 g/mol. The van der Waals surface area contributed by atoms with Gasteiger partial charge in [0.25, 0.3) is 5.91 Å². The first kappa shape index (κ1) is 18.3. The van der Waals surface area contributed by atoms with Gasteiger partial charge in [-0.25, -0.2) is 14.8 Å². The van der Waals surface area contributed by atoms with Crippen LogP contribution in [0.3, 0.4) is 0 Å². The summed E-state index contributed by atoms with van der Waals surface area (Å²) in [4.78, 5) is 32.9. The van der Waals surface area contributed by atoms with E-state index in [0.717, 1.165) is 16.7 Å². The van der Waals surface area contributed by atoms with E-state index in [1.165, 1.54) is 19.5 Å². The van der Waals surface area contributed by atoms with Crippen molar-refractivity contribution in [1.29, 1.82) is 0 Å². The zero-order valence-corrected chi connectivity index (χ0v) is 15.3. The summed E-state index contributed by atoms with van der Waals surface area (Å²) in [5.74, 6) is -0.248. The van der Waals surface area contributed by atoms with Gasteiger partial charge < -0.3 is 10.1 Å². The molecule has 1 N–H and O–H groups in total. The van der Waals surface area contributed by atoms with Gasteiger partial charge in [0.2, 0.25) is 0 Å². The molecular formula is C21H19N3O3. The average Bonchev–Trinajstić information content (AvgIpc) is 2.70. The Kier molecular flexibility index (Phi) is 5.26. The minimum atomic E-state index is -0.442. The average molecular weight is 361 g/mol. The fourth-order valence-electron chi connectivity index (χ4n) is 2.64. The molecule has 136 valence electrons. The van der Waals surface area contributed by atoms with Crippen molar-refractivity contribution >= 4 is 17.6 Å². The lowest BCUT2D eigenvalue weighted by Crippen LogP contribution is -2.14. The number of methoxy groups -OCH3 is 1. The Bertz CT molecular complexity index is 984. The van der Waals surface area contributed by atoms with Crippen LogP contribution in [0.1, 0.15) is 31.8 Å². The maximum absolute atomic E-state index is 12.5. The number of rotatable bonds is 4. The molecule has 0 unspecified atom stereocenters. The van der Waals surface area contributed by atoms with Crippen molar-refractivity contribution in [2.45, 2.75) is 13.8 Å². The van der Waals surface area contributed by atoms with E-state index in [0.29, 0.717) is 22.6 Å². The van der Waals surface area contributed by atoms with Crippen LogP contribution < -0.4 is 5.32 Å². The van der Waals surface area contributed by atoms with Crippen molar-refractivity contribution in [2.24, 2.45) is 0 Å². The van der Waals surface area contributed by atoms with Crippen molar-refractivity contribution in [3.8, 4) is 11.4 Å². The maximum Gasteiger partial charge on any atom is 0.338 e. The summed E-state index contributed by atoms with van der Waals surface area (Å²) in [5.41, 5.74) is 3.83. The van der Waals surface area contributed by atoms with E-state index < -0.39 is 5.97 Å². The summed E-state index contributed by atoms with van der Waals surface area (Å²) in [5, 5.41) is 2.78. The van der Waals surface area contributed by atoms with E-state index >= 15 is 0 Å². The maximum atomic E-state index is 12.5. The second-order valence-corrected chi connectivity index (χ2v) is 6.07. The molecule has 0 fully saturated rings. The molecule has 2 aromatic carbocycles. The van der Waals surface area contributed by atoms with Crippen LogP contribution in [0.25, 0.3) is 11.4 Å². The number of nitrogens with one attached hydrogen (secondary N) is 1. The lowest BCUT2D eigenvalue weighted by molar-refractivity contribution is 0.0599. The molecule has 6 heteroatoms. The molecule has 6 nitrogen and oxygen atoms in total. The first-order chi connectivity index (χ1) is 13.0. The van der Waals surface area contributed by atoms with Gasteiger partial charge in [0.05, 0.1) is 18.2 Å². The highest BCUT2D eigenvalue weighted by atomic mass is 16.5. The largest absolute Gasteiger partial charge is 0.465 e. The van der Waals surface area contributed by atoms with Crippen molar-refractivity contribution < 1.29 is 14.3 Å². The molecule has 0 spiro atoms. The zero-order valence-electron chi connectivity index (χ0n) is 15.3. The molecule has 1 amide bonds. The number of aromatic nitrogens is 2. The van der Waals surface area contributed by atoms with Gasteiger partial charge in [-0.1, -0.05) is 30.3 Å². The van der Waals surface area contributed by atoms with Crippen molar-refractivity contribution in [3.63, 3.8) is 0 Å². The Balaban J connectivity index is 1.81. The summed E-state index contributed by atoms with van der Waals surface area (Å²) in [6, 6.07) is 12.9. The zero-order chi connectivity index (χ0) is 19.4. The number of carbonyl (C=O) groups excluding carboxylic acids is 2. The number of carbonyl (C=O) groups is 2. The minimum Gasteiger partial charge on any atom is -0.465 e. The summed E-state index contributed by atoms with van der Waals surface area (Å²) < 4.78 is 4.80. The number of benzene rings is 2. The molecule has 0 atom stereocenters. The van der Waals surface area contributed by atoms with Gasteiger partial charge in [0.15, 0.2) is 5.82 Å². The van der Waals surface area contributed by atoms with Crippen LogP contribution in [-0.4, -0.2) is 29.0 Å². The van der Waals surface area contributed by atoms with Crippen LogP contribution in [0.5, 0.6) is 0 Å². The minimum absolute atomic E-state index is 0.326. The fraction of sp³-hybridized carbons (Fsp3) is 0.143. The number of nitrogens with zero attached hydrogens (tertiary/aromatic N) is 2. The van der Waals surface area contributed by atoms with Crippen LogP contribution in [0.4, 0.5) is 5.69 Å². The smallest absolute Gasteiger partial charge is 0.338 e. The number of anilines is 1.